The summed E-state index contributed by atoms with van der Waals surface area (Å²) in [5.41, 5.74) is 3.36. The summed E-state index contributed by atoms with van der Waals surface area (Å²) < 4.78 is 5.50. The molecule has 0 saturated heterocycles. The third-order valence-corrected chi connectivity index (χ3v) is 4.57. The maximum atomic E-state index is 12.4. The average molecular weight is 425 g/mol. The molecule has 6 nitrogen and oxygen atoms in total. The van der Waals surface area contributed by atoms with Crippen LogP contribution in [-0.2, 0) is 16.1 Å². The average Bonchev–Trinajstić information content (AvgIpc) is 2.82. The minimum absolute atomic E-state index is 0.0143. The largest absolute Gasteiger partial charge is 0.484 e. The molecule has 2 amide bonds. The van der Waals surface area contributed by atoms with E-state index in [1.807, 2.05) is 55.5 Å². The fraction of sp³-hybridized carbons (Fsp3) is 0.115. The molecule has 0 spiro atoms. The highest BCUT2D eigenvalue weighted by atomic mass is 16.5. The minimum atomic E-state index is -0.480. The smallest absolute Gasteiger partial charge is 0.266 e. The molecule has 0 atom stereocenters. The Kier molecular flexibility index (Phi) is 7.77. The summed E-state index contributed by atoms with van der Waals surface area (Å²) >= 11 is 0. The van der Waals surface area contributed by atoms with Crippen LogP contribution in [0.1, 0.15) is 16.7 Å². The minimum Gasteiger partial charge on any atom is -0.484 e. The molecular formula is C26H23N3O3. The van der Waals surface area contributed by atoms with Gasteiger partial charge in [0.15, 0.2) is 6.61 Å². The molecule has 2 N–H and O–H groups in total. The van der Waals surface area contributed by atoms with E-state index in [0.29, 0.717) is 23.5 Å². The second-order valence-corrected chi connectivity index (χ2v) is 7.11. The SMILES string of the molecule is Cc1ccc(NC(=O)/C(C#N)=C/c2ccc(OCC(=O)NCc3ccccc3)cc2)cc1. The molecule has 3 aromatic rings. The molecule has 0 bridgehead atoms. The van der Waals surface area contributed by atoms with Crippen LogP contribution in [0.3, 0.4) is 0 Å². The Bertz CT molecular complexity index is 1130. The van der Waals surface area contributed by atoms with Gasteiger partial charge in [-0.15, -0.1) is 0 Å². The van der Waals surface area contributed by atoms with E-state index >= 15 is 0 Å². The van der Waals surface area contributed by atoms with Gasteiger partial charge in [-0.3, -0.25) is 9.59 Å². The van der Waals surface area contributed by atoms with Crippen LogP contribution in [0.15, 0.2) is 84.4 Å². The van der Waals surface area contributed by atoms with E-state index in [-0.39, 0.29) is 18.1 Å². The lowest BCUT2D eigenvalue weighted by Crippen LogP contribution is -2.28. The number of rotatable bonds is 8. The van der Waals surface area contributed by atoms with Gasteiger partial charge in [-0.2, -0.15) is 5.26 Å². The zero-order chi connectivity index (χ0) is 22.8. The molecule has 0 aliphatic heterocycles. The van der Waals surface area contributed by atoms with Crippen molar-refractivity contribution in [1.29, 1.82) is 5.26 Å². The van der Waals surface area contributed by atoms with Crippen LogP contribution in [0.25, 0.3) is 6.08 Å². The summed E-state index contributed by atoms with van der Waals surface area (Å²) in [6.07, 6.45) is 1.50. The fourth-order valence-corrected chi connectivity index (χ4v) is 2.81. The Labute approximate surface area is 187 Å². The Hall–Kier alpha value is -4.37. The first kappa shape index (κ1) is 22.3. The Balaban J connectivity index is 1.52. The van der Waals surface area contributed by atoms with Crippen molar-refractivity contribution in [2.75, 3.05) is 11.9 Å². The van der Waals surface area contributed by atoms with Gasteiger partial charge in [0.1, 0.15) is 17.4 Å². The number of carbonyl (C=O) groups is 2. The van der Waals surface area contributed by atoms with Crippen molar-refractivity contribution >= 4 is 23.6 Å². The number of ether oxygens (including phenoxy) is 1. The van der Waals surface area contributed by atoms with Gasteiger partial charge in [-0.25, -0.2) is 0 Å². The number of hydrogen-bond acceptors (Lipinski definition) is 4. The first-order valence-corrected chi connectivity index (χ1v) is 10.1. The number of hydrogen-bond donors (Lipinski definition) is 2. The second kappa shape index (κ2) is 11.1. The first-order chi connectivity index (χ1) is 15.5. The normalized spacial score (nSPS) is 10.7. The van der Waals surface area contributed by atoms with Crippen LogP contribution in [0.2, 0.25) is 0 Å². The van der Waals surface area contributed by atoms with Gasteiger partial charge >= 0.3 is 0 Å². The molecule has 0 saturated carbocycles. The van der Waals surface area contributed by atoms with E-state index in [1.54, 1.807) is 36.4 Å². The van der Waals surface area contributed by atoms with Gasteiger partial charge < -0.3 is 15.4 Å². The van der Waals surface area contributed by atoms with Crippen molar-refractivity contribution in [2.24, 2.45) is 0 Å². The van der Waals surface area contributed by atoms with Gasteiger partial charge in [0, 0.05) is 12.2 Å². The van der Waals surface area contributed by atoms with Crippen molar-refractivity contribution in [2.45, 2.75) is 13.5 Å². The summed E-state index contributed by atoms with van der Waals surface area (Å²) in [5, 5.41) is 14.9. The maximum absolute atomic E-state index is 12.4. The lowest BCUT2D eigenvalue weighted by molar-refractivity contribution is -0.123. The lowest BCUT2D eigenvalue weighted by atomic mass is 10.1. The Morgan fingerprint density at radius 3 is 2.31 bits per heavy atom. The number of anilines is 1. The van der Waals surface area contributed by atoms with Crippen LogP contribution < -0.4 is 15.4 Å². The zero-order valence-electron chi connectivity index (χ0n) is 17.7. The van der Waals surface area contributed by atoms with Crippen molar-refractivity contribution in [3.63, 3.8) is 0 Å². The van der Waals surface area contributed by atoms with Crippen molar-refractivity contribution < 1.29 is 14.3 Å². The van der Waals surface area contributed by atoms with Crippen molar-refractivity contribution in [3.05, 3.63) is 101 Å². The molecule has 0 aliphatic rings. The van der Waals surface area contributed by atoms with Gasteiger partial charge in [-0.05, 0) is 48.4 Å². The van der Waals surface area contributed by atoms with E-state index in [1.165, 1.54) is 6.08 Å². The molecule has 32 heavy (non-hydrogen) atoms. The third-order valence-electron chi connectivity index (χ3n) is 4.57. The summed E-state index contributed by atoms with van der Waals surface area (Å²) in [7, 11) is 0. The van der Waals surface area contributed by atoms with E-state index in [2.05, 4.69) is 10.6 Å². The van der Waals surface area contributed by atoms with Gasteiger partial charge in [-0.1, -0.05) is 60.2 Å². The molecule has 0 fully saturated rings. The Morgan fingerprint density at radius 2 is 1.66 bits per heavy atom. The molecule has 0 heterocycles. The molecule has 6 heteroatoms. The standard InChI is InChI=1S/C26H23N3O3/c1-19-7-11-23(12-8-19)29-26(31)22(16-27)15-20-9-13-24(14-10-20)32-18-25(30)28-17-21-5-3-2-4-6-21/h2-15H,17-18H2,1H3,(H,28,30)(H,29,31)/b22-15+. The van der Waals surface area contributed by atoms with Gasteiger partial charge in [0.05, 0.1) is 0 Å². The maximum Gasteiger partial charge on any atom is 0.266 e. The third kappa shape index (κ3) is 6.85. The van der Waals surface area contributed by atoms with Crippen LogP contribution >= 0.6 is 0 Å². The number of nitriles is 1. The second-order valence-electron chi connectivity index (χ2n) is 7.11. The molecule has 160 valence electrons. The number of benzene rings is 3. The monoisotopic (exact) mass is 425 g/mol. The molecule has 3 rings (SSSR count). The molecule has 0 aromatic heterocycles. The fourth-order valence-electron chi connectivity index (χ4n) is 2.81. The molecular weight excluding hydrogens is 402 g/mol. The molecule has 3 aromatic carbocycles. The van der Waals surface area contributed by atoms with E-state index in [4.69, 9.17) is 4.74 Å². The topological polar surface area (TPSA) is 91.2 Å². The summed E-state index contributed by atoms with van der Waals surface area (Å²) in [5.74, 6) is -0.191. The quantitative estimate of drug-likeness (QED) is 0.417. The molecule has 0 radical (unpaired) electrons. The number of nitrogens with zero attached hydrogens (tertiary/aromatic N) is 1. The van der Waals surface area contributed by atoms with E-state index in [0.717, 1.165) is 11.1 Å². The summed E-state index contributed by atoms with van der Waals surface area (Å²) in [4.78, 5) is 24.3. The first-order valence-electron chi connectivity index (χ1n) is 10.1. The highest BCUT2D eigenvalue weighted by Gasteiger charge is 2.10. The number of nitrogens with one attached hydrogen (secondary N) is 2. The van der Waals surface area contributed by atoms with Crippen molar-refractivity contribution in [1.82, 2.24) is 5.32 Å². The summed E-state index contributed by atoms with van der Waals surface area (Å²) in [6, 6.07) is 25.7. The highest BCUT2D eigenvalue weighted by molar-refractivity contribution is 6.09. The molecule has 0 unspecified atom stereocenters. The molecule has 0 aliphatic carbocycles. The Morgan fingerprint density at radius 1 is 0.969 bits per heavy atom. The van der Waals surface area contributed by atoms with Gasteiger partial charge in [0.25, 0.3) is 11.8 Å². The van der Waals surface area contributed by atoms with Crippen LogP contribution in [0.5, 0.6) is 5.75 Å². The number of carbonyl (C=O) groups excluding carboxylic acids is 2. The van der Waals surface area contributed by atoms with Crippen LogP contribution in [0.4, 0.5) is 5.69 Å². The van der Waals surface area contributed by atoms with Crippen LogP contribution in [-0.4, -0.2) is 18.4 Å². The van der Waals surface area contributed by atoms with E-state index < -0.39 is 5.91 Å². The van der Waals surface area contributed by atoms with E-state index in [9.17, 15) is 14.9 Å². The van der Waals surface area contributed by atoms with Crippen LogP contribution in [0, 0.1) is 18.3 Å². The number of amides is 2. The lowest BCUT2D eigenvalue weighted by Gasteiger charge is -2.08. The summed E-state index contributed by atoms with van der Waals surface area (Å²) in [6.45, 7) is 2.29. The highest BCUT2D eigenvalue weighted by Crippen LogP contribution is 2.16. The van der Waals surface area contributed by atoms with Gasteiger partial charge in [0.2, 0.25) is 0 Å². The van der Waals surface area contributed by atoms with Crippen molar-refractivity contribution in [3.8, 4) is 11.8 Å². The predicted molar refractivity (Wildman–Crippen MR) is 124 cm³/mol. The number of aryl methyl sites for hydroxylation is 1. The zero-order valence-corrected chi connectivity index (χ0v) is 17.7. The predicted octanol–water partition coefficient (Wildman–Crippen LogP) is 4.24.